The second kappa shape index (κ2) is 7.62. The average Bonchev–Trinajstić information content (AvgIpc) is 3.28. The van der Waals surface area contributed by atoms with Crippen LogP contribution in [0.2, 0.25) is 0 Å². The molecule has 2 aromatic rings. The average molecular weight is 387 g/mol. The molecule has 1 fully saturated rings. The summed E-state index contributed by atoms with van der Waals surface area (Å²) in [4.78, 5) is 28.5. The molecular formula is C21H29N3O4. The lowest BCUT2D eigenvalue weighted by molar-refractivity contribution is -0.133. The molecule has 0 radical (unpaired) electrons. The maximum Gasteiger partial charge on any atom is 0.271 e. The number of hydrogen-bond acceptors (Lipinski definition) is 4. The zero-order valence-corrected chi connectivity index (χ0v) is 16.7. The van der Waals surface area contributed by atoms with Crippen molar-refractivity contribution >= 4 is 22.9 Å². The molecule has 0 spiro atoms. The van der Waals surface area contributed by atoms with E-state index in [9.17, 15) is 9.59 Å². The number of rotatable bonds is 6. The molecule has 152 valence electrons. The highest BCUT2D eigenvalue weighted by molar-refractivity contribution is 6.02. The Bertz CT molecular complexity index is 864. The number of hydrogen-bond donors (Lipinski definition) is 1. The Kier molecular flexibility index (Phi) is 5.19. The number of ether oxygens (including phenoxy) is 1. The molecule has 0 aromatic carbocycles. The van der Waals surface area contributed by atoms with Crippen molar-refractivity contribution in [3.63, 3.8) is 0 Å². The van der Waals surface area contributed by atoms with Gasteiger partial charge in [-0.2, -0.15) is 0 Å². The smallest absolute Gasteiger partial charge is 0.271 e. The van der Waals surface area contributed by atoms with Crippen molar-refractivity contribution in [2.75, 3.05) is 20.3 Å². The van der Waals surface area contributed by atoms with Crippen LogP contribution in [0.25, 0.3) is 11.1 Å². The third-order valence-corrected chi connectivity index (χ3v) is 6.21. The van der Waals surface area contributed by atoms with Crippen molar-refractivity contribution in [2.24, 2.45) is 0 Å². The van der Waals surface area contributed by atoms with Crippen molar-refractivity contribution in [1.82, 2.24) is 14.8 Å². The molecular weight excluding hydrogens is 358 g/mol. The number of amides is 2. The van der Waals surface area contributed by atoms with Gasteiger partial charge in [-0.3, -0.25) is 9.59 Å². The zero-order valence-electron chi connectivity index (χ0n) is 16.7. The molecule has 1 saturated carbocycles. The van der Waals surface area contributed by atoms with E-state index in [2.05, 4.69) is 5.32 Å². The fourth-order valence-corrected chi connectivity index (χ4v) is 4.58. The van der Waals surface area contributed by atoms with Gasteiger partial charge in [0.2, 0.25) is 5.91 Å². The van der Waals surface area contributed by atoms with E-state index in [1.807, 2.05) is 17.6 Å². The van der Waals surface area contributed by atoms with E-state index < -0.39 is 5.54 Å². The quantitative estimate of drug-likeness (QED) is 0.773. The SMILES string of the molecule is COCCCN1C(=O)c2cc3occc3n2CC1(C)C(=O)NC1CCCCC1. The van der Waals surface area contributed by atoms with E-state index in [-0.39, 0.29) is 17.9 Å². The lowest BCUT2D eigenvalue weighted by Crippen LogP contribution is -2.65. The highest BCUT2D eigenvalue weighted by atomic mass is 16.5. The molecule has 0 saturated heterocycles. The first-order chi connectivity index (χ1) is 13.5. The highest BCUT2D eigenvalue weighted by Gasteiger charge is 2.48. The minimum absolute atomic E-state index is 0.0684. The van der Waals surface area contributed by atoms with Gasteiger partial charge in [-0.25, -0.2) is 0 Å². The van der Waals surface area contributed by atoms with E-state index in [4.69, 9.17) is 9.15 Å². The first-order valence-corrected chi connectivity index (χ1v) is 10.2. The summed E-state index contributed by atoms with van der Waals surface area (Å²) >= 11 is 0. The van der Waals surface area contributed by atoms with E-state index in [0.717, 1.165) is 31.2 Å². The van der Waals surface area contributed by atoms with Crippen LogP contribution in [0.3, 0.4) is 0 Å². The van der Waals surface area contributed by atoms with E-state index in [0.29, 0.717) is 37.4 Å². The lowest BCUT2D eigenvalue weighted by Gasteiger charge is -2.44. The predicted octanol–water partition coefficient (Wildman–Crippen LogP) is 2.93. The van der Waals surface area contributed by atoms with Crippen LogP contribution in [-0.2, 0) is 16.1 Å². The minimum atomic E-state index is -0.946. The molecule has 3 heterocycles. The van der Waals surface area contributed by atoms with Crippen molar-refractivity contribution in [3.8, 4) is 0 Å². The molecule has 2 amide bonds. The number of carbonyl (C=O) groups is 2. The van der Waals surface area contributed by atoms with Crippen LogP contribution in [0.5, 0.6) is 0 Å². The van der Waals surface area contributed by atoms with Crippen molar-refractivity contribution in [3.05, 3.63) is 24.1 Å². The summed E-state index contributed by atoms with van der Waals surface area (Å²) in [5, 5.41) is 3.23. The van der Waals surface area contributed by atoms with Gasteiger partial charge >= 0.3 is 0 Å². The van der Waals surface area contributed by atoms with Crippen molar-refractivity contribution in [2.45, 2.75) is 63.6 Å². The summed E-state index contributed by atoms with van der Waals surface area (Å²) in [6, 6.07) is 3.83. The molecule has 1 unspecified atom stereocenters. The fraction of sp³-hybridized carbons (Fsp3) is 0.619. The Morgan fingerprint density at radius 2 is 2.14 bits per heavy atom. The van der Waals surface area contributed by atoms with Gasteiger partial charge in [0, 0.05) is 38.4 Å². The molecule has 7 nitrogen and oxygen atoms in total. The van der Waals surface area contributed by atoms with Gasteiger partial charge in [-0.15, -0.1) is 0 Å². The van der Waals surface area contributed by atoms with Gasteiger partial charge in [0.1, 0.15) is 11.2 Å². The predicted molar refractivity (Wildman–Crippen MR) is 105 cm³/mol. The molecule has 1 N–H and O–H groups in total. The molecule has 2 aromatic heterocycles. The Morgan fingerprint density at radius 1 is 1.36 bits per heavy atom. The third kappa shape index (κ3) is 3.21. The van der Waals surface area contributed by atoms with Crippen LogP contribution in [0, 0.1) is 0 Å². The molecule has 1 aliphatic heterocycles. The van der Waals surface area contributed by atoms with Gasteiger partial charge in [-0.1, -0.05) is 19.3 Å². The molecule has 1 atom stereocenters. The van der Waals surface area contributed by atoms with Crippen molar-refractivity contribution in [1.29, 1.82) is 0 Å². The van der Waals surface area contributed by atoms with Crippen LogP contribution >= 0.6 is 0 Å². The number of fused-ring (bicyclic) bond motifs is 3. The molecule has 0 bridgehead atoms. The molecule has 7 heteroatoms. The highest BCUT2D eigenvalue weighted by Crippen LogP contribution is 2.33. The van der Waals surface area contributed by atoms with Crippen molar-refractivity contribution < 1.29 is 18.7 Å². The normalized spacial score (nSPS) is 23.2. The molecule has 28 heavy (non-hydrogen) atoms. The summed E-state index contributed by atoms with van der Waals surface area (Å²) in [7, 11) is 1.65. The van der Waals surface area contributed by atoms with Gasteiger partial charge in [0.05, 0.1) is 18.3 Å². The number of furan rings is 1. The Balaban J connectivity index is 1.65. The first kappa shape index (κ1) is 19.1. The first-order valence-electron chi connectivity index (χ1n) is 10.2. The van der Waals surface area contributed by atoms with Gasteiger partial charge in [-0.05, 0) is 26.2 Å². The minimum Gasteiger partial charge on any atom is -0.463 e. The summed E-state index contributed by atoms with van der Waals surface area (Å²) < 4.78 is 12.6. The van der Waals surface area contributed by atoms with Gasteiger partial charge < -0.3 is 23.9 Å². The van der Waals surface area contributed by atoms with Gasteiger partial charge in [0.25, 0.3) is 5.91 Å². The standard InChI is InChI=1S/C21H29N3O4/c1-21(20(26)22-15-7-4-3-5-8-15)14-23-16-9-12-28-18(16)13-17(23)19(25)24(21)10-6-11-27-2/h9,12-13,15H,3-8,10-11,14H2,1-2H3,(H,22,26). The molecule has 4 rings (SSSR count). The van der Waals surface area contributed by atoms with Gasteiger partial charge in [0.15, 0.2) is 5.58 Å². The monoisotopic (exact) mass is 387 g/mol. The van der Waals surface area contributed by atoms with E-state index in [1.165, 1.54) is 6.42 Å². The zero-order chi connectivity index (χ0) is 19.7. The summed E-state index contributed by atoms with van der Waals surface area (Å²) in [6.45, 7) is 3.33. The van der Waals surface area contributed by atoms with Crippen LogP contribution in [-0.4, -0.2) is 53.1 Å². The van der Waals surface area contributed by atoms with Crippen LogP contribution in [0.15, 0.2) is 22.8 Å². The lowest BCUT2D eigenvalue weighted by atomic mass is 9.91. The number of carbonyl (C=O) groups excluding carboxylic acids is 2. The Labute approximate surface area is 165 Å². The maximum atomic E-state index is 13.4. The molecule has 2 aliphatic rings. The second-order valence-electron chi connectivity index (χ2n) is 8.17. The number of nitrogens with one attached hydrogen (secondary N) is 1. The Hall–Kier alpha value is -2.28. The number of aromatic nitrogens is 1. The summed E-state index contributed by atoms with van der Waals surface area (Å²) in [5.74, 6) is -0.198. The molecule has 1 aliphatic carbocycles. The van der Waals surface area contributed by atoms with E-state index in [1.54, 1.807) is 24.3 Å². The number of nitrogens with zero attached hydrogens (tertiary/aromatic N) is 2. The van der Waals surface area contributed by atoms with Crippen LogP contribution in [0.1, 0.15) is 55.9 Å². The third-order valence-electron chi connectivity index (χ3n) is 6.21. The summed E-state index contributed by atoms with van der Waals surface area (Å²) in [6.07, 6.45) is 7.86. The van der Waals surface area contributed by atoms with E-state index >= 15 is 0 Å². The number of methoxy groups -OCH3 is 1. The van der Waals surface area contributed by atoms with Crippen LogP contribution < -0.4 is 5.32 Å². The van der Waals surface area contributed by atoms with Crippen LogP contribution in [0.4, 0.5) is 0 Å². The second-order valence-corrected chi connectivity index (χ2v) is 8.17. The largest absolute Gasteiger partial charge is 0.463 e. The summed E-state index contributed by atoms with van der Waals surface area (Å²) in [5.41, 5.74) is 1.17. The Morgan fingerprint density at radius 3 is 2.89 bits per heavy atom. The topological polar surface area (TPSA) is 76.7 Å². The maximum absolute atomic E-state index is 13.4. The fourth-order valence-electron chi connectivity index (χ4n) is 4.58.